The van der Waals surface area contributed by atoms with Crippen LogP contribution >= 0.6 is 0 Å². The number of anilines is 1. The number of amides is 1. The molecule has 5 rings (SSSR count). The number of carbonyl (C=O) groups excluding carboxylic acids is 1. The molecule has 33 heavy (non-hydrogen) atoms. The Kier molecular flexibility index (Phi) is 6.09. The predicted molar refractivity (Wildman–Crippen MR) is 129 cm³/mol. The minimum atomic E-state index is -0.355. The number of piperazine rings is 1. The van der Waals surface area contributed by atoms with Crippen LogP contribution in [0.1, 0.15) is 18.4 Å². The van der Waals surface area contributed by atoms with E-state index in [1.807, 2.05) is 66.6 Å². The molecule has 0 unspecified atom stereocenters. The maximum atomic E-state index is 14.8. The molecule has 0 N–H and O–H groups in total. The Morgan fingerprint density at radius 3 is 2.36 bits per heavy atom. The van der Waals surface area contributed by atoms with Crippen LogP contribution in [0, 0.1) is 5.82 Å². The van der Waals surface area contributed by atoms with Crippen molar-refractivity contribution in [1.82, 2.24) is 14.8 Å². The Morgan fingerprint density at radius 1 is 0.970 bits per heavy atom. The predicted octanol–water partition coefficient (Wildman–Crippen LogP) is 4.02. The van der Waals surface area contributed by atoms with Gasteiger partial charge in [0.05, 0.1) is 5.92 Å². The van der Waals surface area contributed by atoms with E-state index in [1.54, 1.807) is 6.07 Å². The molecule has 1 atom stereocenters. The van der Waals surface area contributed by atoms with Gasteiger partial charge in [0, 0.05) is 57.1 Å². The number of benzene rings is 2. The summed E-state index contributed by atoms with van der Waals surface area (Å²) in [6.45, 7) is 7.22. The van der Waals surface area contributed by atoms with Crippen molar-refractivity contribution in [2.24, 2.45) is 0 Å². The van der Waals surface area contributed by atoms with Crippen molar-refractivity contribution in [3.63, 3.8) is 0 Å². The highest BCUT2D eigenvalue weighted by atomic mass is 19.1. The highest BCUT2D eigenvalue weighted by Crippen LogP contribution is 2.29. The van der Waals surface area contributed by atoms with Gasteiger partial charge in [0.2, 0.25) is 5.91 Å². The Morgan fingerprint density at radius 2 is 1.70 bits per heavy atom. The van der Waals surface area contributed by atoms with Gasteiger partial charge in [0.1, 0.15) is 11.6 Å². The van der Waals surface area contributed by atoms with E-state index in [-0.39, 0.29) is 17.6 Å². The minimum Gasteiger partial charge on any atom is -0.354 e. The molecule has 1 amide bonds. The molecule has 0 radical (unpaired) electrons. The summed E-state index contributed by atoms with van der Waals surface area (Å²) in [6.07, 6.45) is 1.83. The first-order chi connectivity index (χ1) is 16.1. The summed E-state index contributed by atoms with van der Waals surface area (Å²) >= 11 is 0. The van der Waals surface area contributed by atoms with E-state index in [0.29, 0.717) is 11.6 Å². The number of aromatic nitrogens is 1. The van der Waals surface area contributed by atoms with E-state index in [2.05, 4.69) is 20.9 Å². The lowest BCUT2D eigenvalue weighted by Crippen LogP contribution is -2.64. The summed E-state index contributed by atoms with van der Waals surface area (Å²) < 4.78 is 14.8. The van der Waals surface area contributed by atoms with Crippen LogP contribution < -0.4 is 4.90 Å². The molecule has 1 aromatic heterocycles. The second kappa shape index (κ2) is 9.32. The van der Waals surface area contributed by atoms with Crippen molar-refractivity contribution < 1.29 is 9.18 Å². The summed E-state index contributed by atoms with van der Waals surface area (Å²) in [7, 11) is 0. The summed E-state index contributed by atoms with van der Waals surface area (Å²) in [5, 5.41) is 0. The van der Waals surface area contributed by atoms with Gasteiger partial charge in [-0.2, -0.15) is 0 Å². The van der Waals surface area contributed by atoms with Gasteiger partial charge in [-0.1, -0.05) is 48.5 Å². The standard InChI is InChI=1S/C27H29FN4O/c1-20(22-10-11-24(25(28)17-22)21-7-3-2-4-8-21)27(33)32-18-23(19-32)30-13-15-31(16-14-30)26-9-5-6-12-29-26/h2-12,17,20,23H,13-16,18-19H2,1H3/t20-/m1/s1. The first-order valence-corrected chi connectivity index (χ1v) is 11.6. The van der Waals surface area contributed by atoms with Crippen molar-refractivity contribution in [2.45, 2.75) is 18.9 Å². The Hall–Kier alpha value is -3.25. The van der Waals surface area contributed by atoms with Gasteiger partial charge >= 0.3 is 0 Å². The van der Waals surface area contributed by atoms with E-state index in [0.717, 1.165) is 56.2 Å². The lowest BCUT2D eigenvalue weighted by atomic mass is 9.94. The third-order valence-corrected chi connectivity index (χ3v) is 6.93. The van der Waals surface area contributed by atoms with Crippen LogP contribution in [0.25, 0.3) is 11.1 Å². The maximum absolute atomic E-state index is 14.8. The smallest absolute Gasteiger partial charge is 0.229 e. The number of likely N-dealkylation sites (tertiary alicyclic amines) is 1. The van der Waals surface area contributed by atoms with Crippen molar-refractivity contribution in [3.05, 3.63) is 84.3 Å². The van der Waals surface area contributed by atoms with E-state index >= 15 is 0 Å². The number of hydrogen-bond donors (Lipinski definition) is 0. The Labute approximate surface area is 194 Å². The number of rotatable bonds is 5. The SMILES string of the molecule is C[C@@H](C(=O)N1CC(N2CCN(c3ccccn3)CC2)C1)c1ccc(-c2ccccc2)c(F)c1. The summed E-state index contributed by atoms with van der Waals surface area (Å²) in [4.78, 5) is 24.2. The fourth-order valence-corrected chi connectivity index (χ4v) is 4.79. The van der Waals surface area contributed by atoms with Crippen LogP contribution in [0.5, 0.6) is 0 Å². The van der Waals surface area contributed by atoms with Gasteiger partial charge < -0.3 is 9.80 Å². The molecule has 0 aliphatic carbocycles. The normalized spacial score (nSPS) is 18.1. The number of carbonyl (C=O) groups is 1. The molecule has 2 fully saturated rings. The zero-order valence-electron chi connectivity index (χ0n) is 18.9. The van der Waals surface area contributed by atoms with Crippen LogP contribution in [-0.4, -0.2) is 66.0 Å². The monoisotopic (exact) mass is 444 g/mol. The molecule has 3 aromatic rings. The van der Waals surface area contributed by atoms with Crippen LogP contribution in [0.4, 0.5) is 10.2 Å². The second-order valence-electron chi connectivity index (χ2n) is 8.93. The zero-order chi connectivity index (χ0) is 22.8. The summed E-state index contributed by atoms with van der Waals surface area (Å²) in [5.41, 5.74) is 2.13. The lowest BCUT2D eigenvalue weighted by Gasteiger charge is -2.48. The van der Waals surface area contributed by atoms with Gasteiger partial charge in [-0.3, -0.25) is 9.69 Å². The van der Waals surface area contributed by atoms with E-state index in [4.69, 9.17) is 0 Å². The molecule has 170 valence electrons. The molecule has 3 heterocycles. The Bertz CT molecular complexity index is 1090. The molecule has 0 bridgehead atoms. The average molecular weight is 445 g/mol. The lowest BCUT2D eigenvalue weighted by molar-refractivity contribution is -0.140. The third-order valence-electron chi connectivity index (χ3n) is 6.93. The van der Waals surface area contributed by atoms with Gasteiger partial charge in [-0.05, 0) is 36.2 Å². The molecule has 2 aliphatic rings. The van der Waals surface area contributed by atoms with Crippen molar-refractivity contribution in [1.29, 1.82) is 0 Å². The molecule has 0 saturated carbocycles. The van der Waals surface area contributed by atoms with E-state index in [1.165, 1.54) is 6.07 Å². The molecule has 2 saturated heterocycles. The molecule has 6 heteroatoms. The zero-order valence-corrected chi connectivity index (χ0v) is 18.9. The van der Waals surface area contributed by atoms with Crippen LogP contribution in [0.15, 0.2) is 72.9 Å². The van der Waals surface area contributed by atoms with Crippen LogP contribution in [-0.2, 0) is 4.79 Å². The summed E-state index contributed by atoms with van der Waals surface area (Å²) in [5.74, 6) is 0.462. The number of hydrogen-bond acceptors (Lipinski definition) is 4. The van der Waals surface area contributed by atoms with Gasteiger partial charge in [-0.15, -0.1) is 0 Å². The number of halogens is 1. The van der Waals surface area contributed by atoms with Gasteiger partial charge in [0.25, 0.3) is 0 Å². The van der Waals surface area contributed by atoms with Gasteiger partial charge in [0.15, 0.2) is 0 Å². The van der Waals surface area contributed by atoms with Crippen LogP contribution in [0.3, 0.4) is 0 Å². The molecular formula is C27H29FN4O. The quantitative estimate of drug-likeness (QED) is 0.596. The maximum Gasteiger partial charge on any atom is 0.229 e. The minimum absolute atomic E-state index is 0.0743. The largest absolute Gasteiger partial charge is 0.354 e. The average Bonchev–Trinajstić information content (AvgIpc) is 2.84. The topological polar surface area (TPSA) is 39.7 Å². The highest BCUT2D eigenvalue weighted by Gasteiger charge is 2.37. The second-order valence-corrected chi connectivity index (χ2v) is 8.93. The first-order valence-electron chi connectivity index (χ1n) is 11.6. The third kappa shape index (κ3) is 4.48. The molecule has 2 aliphatic heterocycles. The van der Waals surface area contributed by atoms with Crippen molar-refractivity contribution in [2.75, 3.05) is 44.2 Å². The molecule has 5 nitrogen and oxygen atoms in total. The molecule has 2 aromatic carbocycles. The Balaban J connectivity index is 1.15. The van der Waals surface area contributed by atoms with E-state index in [9.17, 15) is 9.18 Å². The van der Waals surface area contributed by atoms with Crippen molar-refractivity contribution in [3.8, 4) is 11.1 Å². The number of pyridine rings is 1. The fourth-order valence-electron chi connectivity index (χ4n) is 4.79. The van der Waals surface area contributed by atoms with Crippen molar-refractivity contribution >= 4 is 11.7 Å². The first kappa shape index (κ1) is 21.6. The number of nitrogens with zero attached hydrogens (tertiary/aromatic N) is 4. The van der Waals surface area contributed by atoms with Gasteiger partial charge in [-0.25, -0.2) is 9.37 Å². The summed E-state index contributed by atoms with van der Waals surface area (Å²) in [6, 6.07) is 21.1. The van der Waals surface area contributed by atoms with Crippen LogP contribution in [0.2, 0.25) is 0 Å². The molecular weight excluding hydrogens is 415 g/mol. The fraction of sp³-hybridized carbons (Fsp3) is 0.333. The molecule has 0 spiro atoms. The highest BCUT2D eigenvalue weighted by molar-refractivity contribution is 5.84. The van der Waals surface area contributed by atoms with E-state index < -0.39 is 0 Å².